The van der Waals surface area contributed by atoms with Crippen LogP contribution in [0.1, 0.15) is 56.2 Å². The van der Waals surface area contributed by atoms with E-state index in [9.17, 15) is 8.78 Å². The summed E-state index contributed by atoms with van der Waals surface area (Å²) >= 11 is 0. The molecule has 0 saturated heterocycles. The molecule has 1 aromatic heterocycles. The van der Waals surface area contributed by atoms with Crippen molar-refractivity contribution in [3.63, 3.8) is 0 Å². The molecule has 1 aliphatic carbocycles. The van der Waals surface area contributed by atoms with Crippen molar-refractivity contribution in [1.82, 2.24) is 4.98 Å². The average molecular weight is 449 g/mol. The van der Waals surface area contributed by atoms with Gasteiger partial charge in [-0.2, -0.15) is 0 Å². The Bertz CT molecular complexity index is 1120. The SMILES string of the molecule is C=C(C)c1cc(OC2CCCC2)ccc1N=C(C)c1cccnc1.Cc1ccc(F)c(F)c1. The number of aliphatic imine (C=N–C) groups is 1. The van der Waals surface area contributed by atoms with Crippen LogP contribution >= 0.6 is 0 Å². The van der Waals surface area contributed by atoms with Crippen molar-refractivity contribution in [2.45, 2.75) is 52.6 Å². The van der Waals surface area contributed by atoms with Gasteiger partial charge in [-0.05, 0) is 94.0 Å². The molecule has 172 valence electrons. The predicted octanol–water partition coefficient (Wildman–Crippen LogP) is 7.85. The van der Waals surface area contributed by atoms with Gasteiger partial charge in [0.2, 0.25) is 0 Å². The first kappa shape index (κ1) is 24.3. The van der Waals surface area contributed by atoms with E-state index in [0.29, 0.717) is 6.10 Å². The Morgan fingerprint density at radius 2 is 1.79 bits per heavy atom. The maximum Gasteiger partial charge on any atom is 0.159 e. The average Bonchev–Trinajstić information content (AvgIpc) is 3.31. The number of ether oxygens (including phenoxy) is 1. The third-order valence-electron chi connectivity index (χ3n) is 5.48. The van der Waals surface area contributed by atoms with Crippen molar-refractivity contribution >= 4 is 17.0 Å². The van der Waals surface area contributed by atoms with Crippen molar-refractivity contribution < 1.29 is 13.5 Å². The highest BCUT2D eigenvalue weighted by Gasteiger charge is 2.17. The lowest BCUT2D eigenvalue weighted by atomic mass is 10.1. The van der Waals surface area contributed by atoms with Crippen LogP contribution in [0.5, 0.6) is 5.75 Å². The van der Waals surface area contributed by atoms with Gasteiger partial charge in [0.1, 0.15) is 5.75 Å². The van der Waals surface area contributed by atoms with Gasteiger partial charge in [-0.15, -0.1) is 0 Å². The Kier molecular flexibility index (Phi) is 8.47. The molecule has 3 aromatic rings. The maximum absolute atomic E-state index is 12.2. The molecule has 0 atom stereocenters. The van der Waals surface area contributed by atoms with Gasteiger partial charge < -0.3 is 4.74 Å². The predicted molar refractivity (Wildman–Crippen MR) is 131 cm³/mol. The topological polar surface area (TPSA) is 34.5 Å². The highest BCUT2D eigenvalue weighted by Crippen LogP contribution is 2.32. The van der Waals surface area contributed by atoms with Crippen LogP contribution in [0.25, 0.3) is 5.57 Å². The number of pyridine rings is 1. The van der Waals surface area contributed by atoms with Crippen molar-refractivity contribution in [3.8, 4) is 5.75 Å². The normalized spacial score (nSPS) is 13.9. The minimum Gasteiger partial charge on any atom is -0.490 e. The second-order valence-corrected chi connectivity index (χ2v) is 8.34. The molecule has 1 heterocycles. The Labute approximate surface area is 194 Å². The summed E-state index contributed by atoms with van der Waals surface area (Å²) in [4.78, 5) is 8.94. The Hall–Kier alpha value is -3.34. The fourth-order valence-corrected chi connectivity index (χ4v) is 3.65. The number of rotatable bonds is 5. The lowest BCUT2D eigenvalue weighted by Crippen LogP contribution is -2.10. The van der Waals surface area contributed by atoms with Crippen molar-refractivity contribution in [2.24, 2.45) is 4.99 Å². The van der Waals surface area contributed by atoms with Gasteiger partial charge >= 0.3 is 0 Å². The van der Waals surface area contributed by atoms with Gasteiger partial charge in [0.25, 0.3) is 0 Å². The van der Waals surface area contributed by atoms with Crippen molar-refractivity contribution in [3.05, 3.63) is 95.8 Å². The summed E-state index contributed by atoms with van der Waals surface area (Å²) < 4.78 is 30.4. The quantitative estimate of drug-likeness (QED) is 0.373. The van der Waals surface area contributed by atoms with Crippen LogP contribution in [0.15, 0.2) is 72.5 Å². The molecular formula is C28H30F2N2O. The minimum absolute atomic E-state index is 0.356. The molecule has 1 fully saturated rings. The lowest BCUT2D eigenvalue weighted by Gasteiger charge is -2.15. The molecule has 3 nitrogen and oxygen atoms in total. The summed E-state index contributed by atoms with van der Waals surface area (Å²) in [5.41, 5.74) is 5.64. The number of aromatic nitrogens is 1. The molecule has 0 spiro atoms. The summed E-state index contributed by atoms with van der Waals surface area (Å²) in [5.74, 6) is -0.659. The molecule has 1 aliphatic rings. The van der Waals surface area contributed by atoms with E-state index >= 15 is 0 Å². The second kappa shape index (κ2) is 11.5. The van der Waals surface area contributed by atoms with E-state index < -0.39 is 11.6 Å². The molecular weight excluding hydrogens is 418 g/mol. The summed E-state index contributed by atoms with van der Waals surface area (Å²) in [6.07, 6.45) is 8.80. The summed E-state index contributed by atoms with van der Waals surface area (Å²) in [6, 6.07) is 13.8. The van der Waals surface area contributed by atoms with Crippen molar-refractivity contribution in [1.29, 1.82) is 0 Å². The van der Waals surface area contributed by atoms with Crippen LogP contribution in [0.4, 0.5) is 14.5 Å². The standard InChI is InChI=1S/C21H24N2O.C7H6F2/c1-15(2)20-13-19(24-18-8-4-5-9-18)10-11-21(20)23-16(3)17-7-6-12-22-14-17;1-5-2-3-6(8)7(9)4-5/h6-7,10-14,18H,1,4-5,8-9H2,2-3H3;2-4H,1H3. The third kappa shape index (κ3) is 7.07. The van der Waals surface area contributed by atoms with Crippen molar-refractivity contribution in [2.75, 3.05) is 0 Å². The van der Waals surface area contributed by atoms with E-state index in [4.69, 9.17) is 9.73 Å². The number of aryl methyl sites for hydroxylation is 1. The zero-order valence-electron chi connectivity index (χ0n) is 19.4. The highest BCUT2D eigenvalue weighted by atomic mass is 19.2. The second-order valence-electron chi connectivity index (χ2n) is 8.34. The molecule has 4 rings (SSSR count). The number of allylic oxidation sites excluding steroid dienone is 1. The van der Waals surface area contributed by atoms with Gasteiger partial charge in [-0.1, -0.05) is 18.7 Å². The van der Waals surface area contributed by atoms with Crippen LogP contribution in [-0.4, -0.2) is 16.8 Å². The van der Waals surface area contributed by atoms with Crippen LogP contribution < -0.4 is 4.74 Å². The molecule has 0 amide bonds. The van der Waals surface area contributed by atoms with E-state index in [-0.39, 0.29) is 0 Å². The lowest BCUT2D eigenvalue weighted by molar-refractivity contribution is 0.210. The third-order valence-corrected chi connectivity index (χ3v) is 5.48. The van der Waals surface area contributed by atoms with E-state index in [1.54, 1.807) is 13.1 Å². The van der Waals surface area contributed by atoms with E-state index in [1.165, 1.54) is 18.9 Å². The van der Waals surface area contributed by atoms with Crippen LogP contribution in [0, 0.1) is 18.6 Å². The molecule has 0 N–H and O–H groups in total. The number of hydrogen-bond donors (Lipinski definition) is 0. The number of halogens is 2. The van der Waals surface area contributed by atoms with E-state index in [0.717, 1.165) is 64.4 Å². The van der Waals surface area contributed by atoms with Gasteiger partial charge in [0.05, 0.1) is 11.8 Å². The van der Waals surface area contributed by atoms with Crippen LogP contribution in [0.2, 0.25) is 0 Å². The Morgan fingerprint density at radius 1 is 1.03 bits per heavy atom. The largest absolute Gasteiger partial charge is 0.490 e. The first-order valence-corrected chi connectivity index (χ1v) is 11.2. The minimum atomic E-state index is -0.791. The molecule has 1 saturated carbocycles. The van der Waals surface area contributed by atoms with Crippen LogP contribution in [0.3, 0.4) is 0 Å². The summed E-state index contributed by atoms with van der Waals surface area (Å²) in [5, 5.41) is 0. The van der Waals surface area contributed by atoms with E-state index in [1.807, 2.05) is 44.3 Å². The van der Waals surface area contributed by atoms with Gasteiger partial charge in [-0.25, -0.2) is 8.78 Å². The van der Waals surface area contributed by atoms with Crippen LogP contribution in [-0.2, 0) is 0 Å². The smallest absolute Gasteiger partial charge is 0.159 e. The molecule has 2 aromatic carbocycles. The number of benzene rings is 2. The Morgan fingerprint density at radius 3 is 2.39 bits per heavy atom. The molecule has 0 radical (unpaired) electrons. The zero-order valence-corrected chi connectivity index (χ0v) is 19.4. The molecule has 33 heavy (non-hydrogen) atoms. The molecule has 0 unspecified atom stereocenters. The fraction of sp³-hybridized carbons (Fsp3) is 0.286. The summed E-state index contributed by atoms with van der Waals surface area (Å²) in [6.45, 7) is 9.82. The van der Waals surface area contributed by atoms with Gasteiger partial charge in [-0.3, -0.25) is 9.98 Å². The Balaban J connectivity index is 0.000000286. The maximum atomic E-state index is 12.2. The van der Waals surface area contributed by atoms with E-state index in [2.05, 4.69) is 17.6 Å². The summed E-state index contributed by atoms with van der Waals surface area (Å²) in [7, 11) is 0. The number of hydrogen-bond acceptors (Lipinski definition) is 3. The molecule has 5 heteroatoms. The molecule has 0 bridgehead atoms. The highest BCUT2D eigenvalue weighted by molar-refractivity contribution is 6.00. The fourth-order valence-electron chi connectivity index (χ4n) is 3.65. The van der Waals surface area contributed by atoms with Gasteiger partial charge in [0, 0.05) is 29.2 Å². The monoisotopic (exact) mass is 448 g/mol. The molecule has 0 aliphatic heterocycles. The number of nitrogens with zero attached hydrogens (tertiary/aromatic N) is 2. The first-order chi connectivity index (χ1) is 15.8. The van der Waals surface area contributed by atoms with Gasteiger partial charge in [0.15, 0.2) is 11.6 Å². The zero-order chi connectivity index (χ0) is 23.8. The first-order valence-electron chi connectivity index (χ1n) is 11.2.